The van der Waals surface area contributed by atoms with E-state index in [0.29, 0.717) is 10.6 Å². The Morgan fingerprint density at radius 1 is 1.04 bits per heavy atom. The van der Waals surface area contributed by atoms with Gasteiger partial charge >= 0.3 is 0 Å². The number of hydrogen-bond acceptors (Lipinski definition) is 3. The molecule has 28 heavy (non-hydrogen) atoms. The summed E-state index contributed by atoms with van der Waals surface area (Å²) in [7, 11) is 0. The van der Waals surface area contributed by atoms with Gasteiger partial charge in [0.15, 0.2) is 0 Å². The molecular formula is C21H23ClIN3O2. The smallest absolute Gasteiger partial charge is 0.257 e. The van der Waals surface area contributed by atoms with Crippen LogP contribution in [0.5, 0.6) is 0 Å². The highest BCUT2D eigenvalue weighted by Crippen LogP contribution is 2.23. The third-order valence-electron chi connectivity index (χ3n) is 4.75. The fourth-order valence-corrected chi connectivity index (χ4v) is 3.87. The van der Waals surface area contributed by atoms with Gasteiger partial charge in [0.25, 0.3) is 5.91 Å². The first-order valence-corrected chi connectivity index (χ1v) is 10.7. The van der Waals surface area contributed by atoms with E-state index in [0.717, 1.165) is 41.1 Å². The minimum Gasteiger partial charge on any atom is -0.368 e. The molecule has 0 saturated carbocycles. The van der Waals surface area contributed by atoms with Gasteiger partial charge < -0.3 is 15.1 Å². The lowest BCUT2D eigenvalue weighted by Crippen LogP contribution is -2.49. The molecule has 2 aromatic rings. The molecule has 0 atom stereocenters. The Labute approximate surface area is 184 Å². The monoisotopic (exact) mass is 511 g/mol. The maximum absolute atomic E-state index is 12.5. The molecule has 0 unspecified atom stereocenters. The van der Waals surface area contributed by atoms with Crippen molar-refractivity contribution < 1.29 is 9.59 Å². The molecule has 7 heteroatoms. The van der Waals surface area contributed by atoms with Crippen LogP contribution in [0.3, 0.4) is 0 Å². The molecule has 1 N–H and O–H groups in total. The summed E-state index contributed by atoms with van der Waals surface area (Å²) in [4.78, 5) is 28.8. The van der Waals surface area contributed by atoms with Gasteiger partial charge in [-0.05, 0) is 65.1 Å². The average Bonchev–Trinajstić information content (AvgIpc) is 2.70. The topological polar surface area (TPSA) is 52.7 Å². The van der Waals surface area contributed by atoms with Gasteiger partial charge in [-0.15, -0.1) is 0 Å². The van der Waals surface area contributed by atoms with Crippen molar-refractivity contribution in [3.05, 3.63) is 56.6 Å². The number of amides is 2. The van der Waals surface area contributed by atoms with Crippen LogP contribution in [0.25, 0.3) is 0 Å². The summed E-state index contributed by atoms with van der Waals surface area (Å²) in [5.74, 6) is 0.0277. The van der Waals surface area contributed by atoms with Crippen molar-refractivity contribution >= 4 is 57.4 Å². The van der Waals surface area contributed by atoms with Crippen molar-refractivity contribution in [1.82, 2.24) is 4.90 Å². The lowest BCUT2D eigenvalue weighted by molar-refractivity contribution is -0.134. The van der Waals surface area contributed by atoms with Gasteiger partial charge in [-0.1, -0.05) is 25.4 Å². The van der Waals surface area contributed by atoms with Crippen LogP contribution >= 0.6 is 34.2 Å². The molecule has 2 amide bonds. The summed E-state index contributed by atoms with van der Waals surface area (Å²) in [6.07, 6.45) is 0. The predicted molar refractivity (Wildman–Crippen MR) is 122 cm³/mol. The van der Waals surface area contributed by atoms with Crippen LogP contribution in [0.2, 0.25) is 5.02 Å². The number of nitrogens with one attached hydrogen (secondary N) is 1. The fourth-order valence-electron chi connectivity index (χ4n) is 3.18. The molecule has 1 heterocycles. The largest absolute Gasteiger partial charge is 0.368 e. The molecule has 0 aliphatic carbocycles. The Bertz CT molecular complexity index is 862. The number of halogens is 2. The summed E-state index contributed by atoms with van der Waals surface area (Å²) in [6, 6.07) is 13.1. The lowest BCUT2D eigenvalue weighted by Gasteiger charge is -2.37. The summed E-state index contributed by atoms with van der Waals surface area (Å²) < 4.78 is 0.956. The van der Waals surface area contributed by atoms with Crippen LogP contribution in [0.4, 0.5) is 11.4 Å². The van der Waals surface area contributed by atoms with E-state index in [9.17, 15) is 9.59 Å². The maximum atomic E-state index is 12.5. The number of rotatable bonds is 4. The van der Waals surface area contributed by atoms with Crippen LogP contribution < -0.4 is 10.2 Å². The van der Waals surface area contributed by atoms with E-state index in [1.807, 2.05) is 49.1 Å². The van der Waals surface area contributed by atoms with Gasteiger partial charge in [0.1, 0.15) is 0 Å². The Morgan fingerprint density at radius 2 is 1.68 bits per heavy atom. The Morgan fingerprint density at radius 3 is 2.29 bits per heavy atom. The molecule has 1 saturated heterocycles. The van der Waals surface area contributed by atoms with Gasteiger partial charge in [-0.2, -0.15) is 0 Å². The van der Waals surface area contributed by atoms with Gasteiger partial charge in [0.05, 0.1) is 10.6 Å². The van der Waals surface area contributed by atoms with E-state index >= 15 is 0 Å². The SMILES string of the molecule is CC(C)C(=O)N1CCN(c2ccc(NC(=O)c3cc(I)ccc3Cl)cc2)CC1. The van der Waals surface area contributed by atoms with E-state index in [2.05, 4.69) is 32.8 Å². The first-order valence-electron chi connectivity index (χ1n) is 9.25. The summed E-state index contributed by atoms with van der Waals surface area (Å²) >= 11 is 8.29. The minimum absolute atomic E-state index is 0.0378. The molecule has 3 rings (SSSR count). The second kappa shape index (κ2) is 9.13. The molecule has 1 aliphatic heterocycles. The highest BCUT2D eigenvalue weighted by molar-refractivity contribution is 14.1. The second-order valence-corrected chi connectivity index (χ2v) is 8.75. The number of piperazine rings is 1. The maximum Gasteiger partial charge on any atom is 0.257 e. The first kappa shape index (κ1) is 20.9. The molecule has 0 spiro atoms. The van der Waals surface area contributed by atoms with Crippen LogP contribution in [0.1, 0.15) is 24.2 Å². The summed E-state index contributed by atoms with van der Waals surface area (Å²) in [5, 5.41) is 3.33. The second-order valence-electron chi connectivity index (χ2n) is 7.09. The van der Waals surface area contributed by atoms with Crippen LogP contribution in [-0.2, 0) is 4.79 Å². The zero-order valence-electron chi connectivity index (χ0n) is 15.9. The molecule has 0 radical (unpaired) electrons. The number of carbonyl (C=O) groups is 2. The highest BCUT2D eigenvalue weighted by atomic mass is 127. The number of anilines is 2. The summed E-state index contributed by atoms with van der Waals surface area (Å²) in [5.41, 5.74) is 2.27. The molecule has 0 bridgehead atoms. The predicted octanol–water partition coefficient (Wildman–Crippen LogP) is 4.50. The zero-order chi connectivity index (χ0) is 20.3. The van der Waals surface area contributed by atoms with E-state index in [1.54, 1.807) is 12.1 Å². The molecule has 0 aromatic heterocycles. The fraction of sp³-hybridized carbons (Fsp3) is 0.333. The number of benzene rings is 2. The van der Waals surface area contributed by atoms with E-state index in [1.165, 1.54) is 0 Å². The summed E-state index contributed by atoms with van der Waals surface area (Å²) in [6.45, 7) is 6.96. The van der Waals surface area contributed by atoms with Gasteiger partial charge in [-0.25, -0.2) is 0 Å². The van der Waals surface area contributed by atoms with Crippen LogP contribution in [0, 0.1) is 9.49 Å². The van der Waals surface area contributed by atoms with Crippen molar-refractivity contribution in [1.29, 1.82) is 0 Å². The van der Waals surface area contributed by atoms with Gasteiger partial charge in [0.2, 0.25) is 5.91 Å². The van der Waals surface area contributed by atoms with Crippen molar-refractivity contribution in [3.8, 4) is 0 Å². The Kier molecular flexibility index (Phi) is 6.82. The first-order chi connectivity index (χ1) is 13.3. The lowest BCUT2D eigenvalue weighted by atomic mass is 10.1. The van der Waals surface area contributed by atoms with E-state index in [-0.39, 0.29) is 17.7 Å². The normalized spacial score (nSPS) is 14.3. The Balaban J connectivity index is 1.60. The van der Waals surface area contributed by atoms with Crippen molar-refractivity contribution in [2.24, 2.45) is 5.92 Å². The molecule has 148 valence electrons. The quantitative estimate of drug-likeness (QED) is 0.615. The molecule has 1 aliphatic rings. The third kappa shape index (κ3) is 4.97. The zero-order valence-corrected chi connectivity index (χ0v) is 18.8. The minimum atomic E-state index is -0.225. The van der Waals surface area contributed by atoms with Crippen molar-refractivity contribution in [2.75, 3.05) is 36.4 Å². The molecular weight excluding hydrogens is 489 g/mol. The number of nitrogens with zero attached hydrogens (tertiary/aromatic N) is 2. The van der Waals surface area contributed by atoms with Crippen LogP contribution in [-0.4, -0.2) is 42.9 Å². The average molecular weight is 512 g/mol. The van der Waals surface area contributed by atoms with Crippen molar-refractivity contribution in [2.45, 2.75) is 13.8 Å². The van der Waals surface area contributed by atoms with Gasteiger partial charge in [-0.3, -0.25) is 9.59 Å². The third-order valence-corrected chi connectivity index (χ3v) is 5.75. The van der Waals surface area contributed by atoms with E-state index in [4.69, 9.17) is 11.6 Å². The van der Waals surface area contributed by atoms with Crippen molar-refractivity contribution in [3.63, 3.8) is 0 Å². The molecule has 2 aromatic carbocycles. The molecule has 1 fully saturated rings. The number of carbonyl (C=O) groups excluding carboxylic acids is 2. The van der Waals surface area contributed by atoms with Gasteiger partial charge in [0, 0.05) is 47.0 Å². The van der Waals surface area contributed by atoms with Crippen LogP contribution in [0.15, 0.2) is 42.5 Å². The molecule has 5 nitrogen and oxygen atoms in total. The Hall–Kier alpha value is -1.80. The standard InChI is InChI=1S/C21H23ClIN3O2/c1-14(2)21(28)26-11-9-25(10-12-26)17-6-4-16(5-7-17)24-20(27)18-13-15(23)3-8-19(18)22/h3-8,13-14H,9-12H2,1-2H3,(H,24,27). The highest BCUT2D eigenvalue weighted by Gasteiger charge is 2.23. The van der Waals surface area contributed by atoms with E-state index < -0.39 is 0 Å². The number of hydrogen-bond donors (Lipinski definition) is 1.